The first-order valence-corrected chi connectivity index (χ1v) is 22.7. The van der Waals surface area contributed by atoms with E-state index in [1.54, 1.807) is 57.2 Å². The van der Waals surface area contributed by atoms with Crippen molar-refractivity contribution in [2.24, 2.45) is 5.41 Å². The third kappa shape index (κ3) is 12.4. The second-order valence-electron chi connectivity index (χ2n) is 17.8. The first-order valence-electron chi connectivity index (χ1n) is 22.7. The molecule has 2 fully saturated rings. The molecule has 10 unspecified atom stereocenters. The van der Waals surface area contributed by atoms with Crippen molar-refractivity contribution in [2.45, 2.75) is 116 Å². The molecule has 70 heavy (non-hydrogen) atoms. The van der Waals surface area contributed by atoms with E-state index in [1.165, 1.54) is 19.2 Å². The van der Waals surface area contributed by atoms with Gasteiger partial charge in [0.25, 0.3) is 11.8 Å². The van der Waals surface area contributed by atoms with E-state index in [4.69, 9.17) is 52.1 Å². The quantitative estimate of drug-likeness (QED) is 0.0660. The number of imide groups is 1. The molecule has 0 bridgehead atoms. The van der Waals surface area contributed by atoms with E-state index < -0.39 is 109 Å². The molecule has 0 spiro atoms. The summed E-state index contributed by atoms with van der Waals surface area (Å²) in [6.45, 7) is 7.57. The highest BCUT2D eigenvalue weighted by Gasteiger charge is 2.60. The normalized spacial score (nSPS) is 25.3. The fraction of sp³-hybridized carbons (Fsp3) is 0.423. The van der Waals surface area contributed by atoms with E-state index in [9.17, 15) is 28.8 Å². The molecule has 4 aromatic rings. The summed E-state index contributed by atoms with van der Waals surface area (Å²) in [7, 11) is 1.51. The molecule has 18 nitrogen and oxygen atoms in total. The van der Waals surface area contributed by atoms with Crippen LogP contribution in [0, 0.1) is 5.41 Å². The van der Waals surface area contributed by atoms with Gasteiger partial charge >= 0.3 is 23.9 Å². The summed E-state index contributed by atoms with van der Waals surface area (Å²) in [5.41, 5.74) is 0.694. The minimum atomic E-state index is -1.82. The Kier molecular flexibility index (Phi) is 16.7. The van der Waals surface area contributed by atoms with Crippen molar-refractivity contribution in [3.63, 3.8) is 0 Å². The third-order valence-corrected chi connectivity index (χ3v) is 11.5. The van der Waals surface area contributed by atoms with Gasteiger partial charge in [0.2, 0.25) is 6.29 Å². The summed E-state index contributed by atoms with van der Waals surface area (Å²) in [4.78, 5) is 81.5. The van der Waals surface area contributed by atoms with E-state index in [1.807, 2.05) is 60.7 Å². The number of hydrogen-bond acceptors (Lipinski definition) is 17. The number of carbonyl (C=O) groups excluding carboxylic acids is 6. The van der Waals surface area contributed by atoms with Crippen molar-refractivity contribution in [3.05, 3.63) is 131 Å². The van der Waals surface area contributed by atoms with Crippen LogP contribution in [-0.4, -0.2) is 122 Å². The molecule has 7 rings (SSSR count). The summed E-state index contributed by atoms with van der Waals surface area (Å²) in [5, 5.41) is 0. The average molecular weight is 968 g/mol. The van der Waals surface area contributed by atoms with Crippen molar-refractivity contribution in [2.75, 3.05) is 20.3 Å². The number of rotatable bonds is 18. The maximum Gasteiger partial charge on any atom is 0.311 e. The third-order valence-electron chi connectivity index (χ3n) is 11.5. The largest absolute Gasteiger partial charge is 0.497 e. The number of esters is 4. The van der Waals surface area contributed by atoms with Gasteiger partial charge in [0.15, 0.2) is 24.6 Å². The molecule has 4 aromatic carbocycles. The van der Waals surface area contributed by atoms with Crippen LogP contribution in [0.1, 0.15) is 73.4 Å². The van der Waals surface area contributed by atoms with Crippen molar-refractivity contribution in [1.29, 1.82) is 0 Å². The number of methoxy groups -OCH3 is 1. The van der Waals surface area contributed by atoms with Crippen LogP contribution >= 0.6 is 0 Å². The molecule has 2 amide bonds. The second kappa shape index (κ2) is 22.8. The van der Waals surface area contributed by atoms with Gasteiger partial charge in [-0.2, -0.15) is 0 Å². The summed E-state index contributed by atoms with van der Waals surface area (Å²) < 4.78 is 69.1. The number of amides is 2. The van der Waals surface area contributed by atoms with Crippen LogP contribution in [0.15, 0.2) is 109 Å². The standard InChI is InChI=1S/C52H57NO17/c1-30(54)61-28-40-43(65-31(2)55)44(66-32(3)56)41(53-47(57)37-20-14-15-21-38(37)48(53)58)49(68-40)70-46-45(63-27-34-18-12-9-13-19-34)42(62-26-33-16-10-8-11-17-33)39(29-64-51(59)52(4,5)6)69-50(46)67-36-24-22-35(60-7)23-25-36/h8-25,39-46,49-50H,26-29H2,1-7H3. The Morgan fingerprint density at radius 2 is 1.04 bits per heavy atom. The van der Waals surface area contributed by atoms with E-state index in [0.717, 1.165) is 36.8 Å². The zero-order valence-corrected chi connectivity index (χ0v) is 39.9. The lowest BCUT2D eigenvalue weighted by Crippen LogP contribution is -2.70. The Hall–Kier alpha value is -6.70. The Morgan fingerprint density at radius 1 is 0.557 bits per heavy atom. The highest BCUT2D eigenvalue weighted by atomic mass is 16.8. The Bertz CT molecular complexity index is 2420. The topological polar surface area (TPSA) is 207 Å². The van der Waals surface area contributed by atoms with Gasteiger partial charge in [-0.05, 0) is 68.3 Å². The smallest absolute Gasteiger partial charge is 0.311 e. The predicted molar refractivity (Wildman–Crippen MR) is 245 cm³/mol. The maximum atomic E-state index is 14.5. The van der Waals surface area contributed by atoms with Crippen molar-refractivity contribution in [3.8, 4) is 11.5 Å². The molecule has 372 valence electrons. The Labute approximate surface area is 405 Å². The molecule has 0 aliphatic carbocycles. The molecule has 3 aliphatic heterocycles. The predicted octanol–water partition coefficient (Wildman–Crippen LogP) is 5.76. The fourth-order valence-electron chi connectivity index (χ4n) is 8.24. The number of nitrogens with zero attached hydrogens (tertiary/aromatic N) is 1. The Balaban J connectivity index is 1.40. The fourth-order valence-corrected chi connectivity index (χ4v) is 8.24. The van der Waals surface area contributed by atoms with Crippen LogP contribution in [0.3, 0.4) is 0 Å². The summed E-state index contributed by atoms with van der Waals surface area (Å²) in [5.74, 6) is -3.80. The van der Waals surface area contributed by atoms with Gasteiger partial charge in [-0.1, -0.05) is 72.8 Å². The molecular weight excluding hydrogens is 911 g/mol. The highest BCUT2D eigenvalue weighted by molar-refractivity contribution is 6.21. The van der Waals surface area contributed by atoms with Gasteiger partial charge in [-0.3, -0.25) is 33.7 Å². The molecular formula is C52H57NO17. The van der Waals surface area contributed by atoms with Crippen molar-refractivity contribution >= 4 is 35.7 Å². The van der Waals surface area contributed by atoms with Gasteiger partial charge in [0.1, 0.15) is 55.2 Å². The lowest BCUT2D eigenvalue weighted by molar-refractivity contribution is -0.356. The SMILES string of the molecule is COc1ccc(OC2OC(COC(=O)C(C)(C)C)C(OCc3ccccc3)C(OCc3ccccc3)C2OC2OC(COC(C)=O)C(OC(C)=O)C(OC(C)=O)C2N2C(=O)c3ccccc3C2=O)cc1. The number of fused-ring (bicyclic) bond motifs is 1. The summed E-state index contributed by atoms with van der Waals surface area (Å²) in [6, 6.07) is 29.5. The number of carbonyl (C=O) groups is 6. The zero-order valence-electron chi connectivity index (χ0n) is 39.9. The summed E-state index contributed by atoms with van der Waals surface area (Å²) >= 11 is 0. The first-order chi connectivity index (χ1) is 33.5. The van der Waals surface area contributed by atoms with Gasteiger partial charge in [0, 0.05) is 20.8 Å². The van der Waals surface area contributed by atoms with E-state index in [0.29, 0.717) is 5.75 Å². The van der Waals surface area contributed by atoms with Gasteiger partial charge in [-0.25, -0.2) is 0 Å². The minimum Gasteiger partial charge on any atom is -0.497 e. The highest BCUT2D eigenvalue weighted by Crippen LogP contribution is 2.39. The first kappa shape index (κ1) is 51.2. The van der Waals surface area contributed by atoms with Gasteiger partial charge in [-0.15, -0.1) is 0 Å². The van der Waals surface area contributed by atoms with Gasteiger partial charge < -0.3 is 52.1 Å². The van der Waals surface area contributed by atoms with Crippen LogP contribution in [-0.2, 0) is 75.0 Å². The van der Waals surface area contributed by atoms with Crippen LogP contribution < -0.4 is 9.47 Å². The van der Waals surface area contributed by atoms with Crippen LogP contribution in [0.4, 0.5) is 0 Å². The summed E-state index contributed by atoms with van der Waals surface area (Å²) in [6.07, 6.45) is -13.0. The molecule has 0 aromatic heterocycles. The lowest BCUT2D eigenvalue weighted by Gasteiger charge is -2.50. The number of ether oxygens (including phenoxy) is 11. The molecule has 10 atom stereocenters. The lowest BCUT2D eigenvalue weighted by atomic mass is 9.93. The zero-order chi connectivity index (χ0) is 50.1. The molecule has 0 N–H and O–H groups in total. The molecule has 3 aliphatic rings. The molecule has 2 saturated heterocycles. The molecule has 0 saturated carbocycles. The second-order valence-corrected chi connectivity index (χ2v) is 17.8. The van der Waals surface area contributed by atoms with E-state index in [-0.39, 0.29) is 36.7 Å². The number of benzene rings is 4. The molecule has 18 heteroatoms. The Morgan fingerprint density at radius 3 is 1.57 bits per heavy atom. The van der Waals surface area contributed by atoms with E-state index in [2.05, 4.69) is 0 Å². The van der Waals surface area contributed by atoms with Crippen LogP contribution in [0.5, 0.6) is 11.5 Å². The van der Waals surface area contributed by atoms with Crippen molar-refractivity contribution < 1.29 is 80.9 Å². The van der Waals surface area contributed by atoms with Crippen molar-refractivity contribution in [1.82, 2.24) is 4.90 Å². The van der Waals surface area contributed by atoms with Crippen LogP contribution in [0.25, 0.3) is 0 Å². The van der Waals surface area contributed by atoms with Crippen LogP contribution in [0.2, 0.25) is 0 Å². The molecule has 0 radical (unpaired) electrons. The minimum absolute atomic E-state index is 0.0150. The monoisotopic (exact) mass is 967 g/mol. The average Bonchev–Trinajstić information content (AvgIpc) is 3.58. The maximum absolute atomic E-state index is 14.5. The van der Waals surface area contributed by atoms with E-state index >= 15 is 0 Å². The van der Waals surface area contributed by atoms with Gasteiger partial charge in [0.05, 0.1) is 36.9 Å². The number of hydrogen-bond donors (Lipinski definition) is 0. The molecule has 3 heterocycles.